The average Bonchev–Trinajstić information content (AvgIpc) is 1.21. The third-order valence-electron chi connectivity index (χ3n) is 0.321. The standard InChI is InChI=1S/C3H9N3O2/c1-2(7)8-3(4,5)6/h4-6H2,1H3. The van der Waals surface area contributed by atoms with E-state index in [9.17, 15) is 4.79 Å². The summed E-state index contributed by atoms with van der Waals surface area (Å²) < 4.78 is 4.13. The minimum absolute atomic E-state index is 0.600. The predicted octanol–water partition coefficient (Wildman–Crippen LogP) is -1.96. The van der Waals surface area contributed by atoms with Gasteiger partial charge in [0.1, 0.15) is 0 Å². The maximum absolute atomic E-state index is 10.00. The van der Waals surface area contributed by atoms with Crippen molar-refractivity contribution in [2.24, 2.45) is 17.2 Å². The van der Waals surface area contributed by atoms with Gasteiger partial charge in [-0.2, -0.15) is 0 Å². The van der Waals surface area contributed by atoms with Gasteiger partial charge in [-0.25, -0.2) is 0 Å². The van der Waals surface area contributed by atoms with E-state index in [0.29, 0.717) is 0 Å². The van der Waals surface area contributed by atoms with Gasteiger partial charge in [0.25, 0.3) is 5.97 Å². The highest BCUT2D eigenvalue weighted by Crippen LogP contribution is 1.81. The van der Waals surface area contributed by atoms with E-state index in [4.69, 9.17) is 17.2 Å². The van der Waals surface area contributed by atoms with Gasteiger partial charge < -0.3 is 4.74 Å². The van der Waals surface area contributed by atoms with Gasteiger partial charge in [-0.05, 0) is 0 Å². The summed E-state index contributed by atoms with van der Waals surface area (Å²) in [6.07, 6.45) is 0. The average molecular weight is 119 g/mol. The highest BCUT2D eigenvalue weighted by Gasteiger charge is 2.13. The van der Waals surface area contributed by atoms with Crippen LogP contribution >= 0.6 is 0 Å². The fourth-order valence-corrected chi connectivity index (χ4v) is 0.249. The Kier molecular flexibility index (Phi) is 1.91. The molecule has 5 heteroatoms. The van der Waals surface area contributed by atoms with Gasteiger partial charge in [0.15, 0.2) is 0 Å². The fourth-order valence-electron chi connectivity index (χ4n) is 0.249. The van der Waals surface area contributed by atoms with Crippen LogP contribution in [0.25, 0.3) is 0 Å². The molecule has 8 heavy (non-hydrogen) atoms. The molecule has 0 aliphatic carbocycles. The summed E-state index contributed by atoms with van der Waals surface area (Å²) in [7, 11) is 0. The van der Waals surface area contributed by atoms with E-state index >= 15 is 0 Å². The third-order valence-corrected chi connectivity index (χ3v) is 0.321. The SMILES string of the molecule is CC(=O)OC(N)(N)N. The summed E-state index contributed by atoms with van der Waals surface area (Å²) in [6, 6.07) is 0. The van der Waals surface area contributed by atoms with E-state index in [1.807, 2.05) is 0 Å². The molecule has 0 amide bonds. The Morgan fingerprint density at radius 3 is 1.88 bits per heavy atom. The summed E-state index contributed by atoms with van der Waals surface area (Å²) >= 11 is 0. The minimum atomic E-state index is -1.83. The van der Waals surface area contributed by atoms with Crippen molar-refractivity contribution >= 4 is 5.97 Å². The van der Waals surface area contributed by atoms with Gasteiger partial charge in [0.2, 0.25) is 0 Å². The molecule has 0 aromatic rings. The molecule has 0 aliphatic rings. The third kappa shape index (κ3) is 5.35. The molecule has 0 aromatic heterocycles. The molecule has 0 aliphatic heterocycles. The number of nitrogens with two attached hydrogens (primary N) is 3. The first-order valence-corrected chi connectivity index (χ1v) is 1.98. The normalized spacial score (nSPS) is 11.0. The summed E-state index contributed by atoms with van der Waals surface area (Å²) in [6.45, 7) is 1.17. The maximum Gasteiger partial charge on any atom is 0.306 e. The second-order valence-electron chi connectivity index (χ2n) is 1.45. The molecule has 6 N–H and O–H groups in total. The van der Waals surface area contributed by atoms with E-state index in [1.165, 1.54) is 6.92 Å². The summed E-state index contributed by atoms with van der Waals surface area (Å²) in [5.74, 6) is -2.43. The van der Waals surface area contributed by atoms with E-state index in [0.717, 1.165) is 0 Å². The van der Waals surface area contributed by atoms with Crippen LogP contribution in [0.4, 0.5) is 0 Å². The van der Waals surface area contributed by atoms with Gasteiger partial charge in [0.05, 0.1) is 0 Å². The number of hydrogen-bond donors (Lipinski definition) is 3. The molecule has 48 valence electrons. The van der Waals surface area contributed by atoms with Gasteiger partial charge in [0, 0.05) is 6.92 Å². The number of carbonyl (C=O) groups excluding carboxylic acids is 1. The smallest absolute Gasteiger partial charge is 0.306 e. The molecular formula is C3H9N3O2. The van der Waals surface area contributed by atoms with Gasteiger partial charge in [-0.1, -0.05) is 0 Å². The van der Waals surface area contributed by atoms with Crippen molar-refractivity contribution in [1.29, 1.82) is 0 Å². The lowest BCUT2D eigenvalue weighted by Crippen LogP contribution is -2.60. The maximum atomic E-state index is 10.00. The van der Waals surface area contributed by atoms with E-state index in [2.05, 4.69) is 4.74 Å². The molecule has 0 bridgehead atoms. The van der Waals surface area contributed by atoms with E-state index in [-0.39, 0.29) is 0 Å². The number of hydrogen-bond acceptors (Lipinski definition) is 5. The van der Waals surface area contributed by atoms with Crippen molar-refractivity contribution in [2.45, 2.75) is 12.9 Å². The van der Waals surface area contributed by atoms with Crippen LogP contribution in [0.15, 0.2) is 0 Å². The zero-order valence-electron chi connectivity index (χ0n) is 4.55. The van der Waals surface area contributed by atoms with Crippen LogP contribution in [-0.4, -0.2) is 11.9 Å². The molecule has 0 rings (SSSR count). The minimum Gasteiger partial charge on any atom is -0.417 e. The Morgan fingerprint density at radius 1 is 1.50 bits per heavy atom. The largest absolute Gasteiger partial charge is 0.417 e. The van der Waals surface area contributed by atoms with Gasteiger partial charge >= 0.3 is 5.97 Å². The lowest BCUT2D eigenvalue weighted by Gasteiger charge is -2.16. The second kappa shape index (κ2) is 2.08. The molecule has 0 fully saturated rings. The number of rotatable bonds is 1. The first kappa shape index (κ1) is 7.35. The molecule has 0 saturated carbocycles. The number of carbonyl (C=O) groups is 1. The van der Waals surface area contributed by atoms with Crippen LogP contribution in [0, 0.1) is 0 Å². The molecule has 0 unspecified atom stereocenters. The predicted molar refractivity (Wildman–Crippen MR) is 27.1 cm³/mol. The first-order chi connectivity index (χ1) is 3.42. The van der Waals surface area contributed by atoms with Crippen molar-refractivity contribution in [3.63, 3.8) is 0 Å². The van der Waals surface area contributed by atoms with E-state index < -0.39 is 11.9 Å². The summed E-state index contributed by atoms with van der Waals surface area (Å²) in [5.41, 5.74) is 14.5. The van der Waals surface area contributed by atoms with Crippen LogP contribution in [0.1, 0.15) is 6.92 Å². The number of ether oxygens (including phenoxy) is 1. The van der Waals surface area contributed by atoms with Crippen molar-refractivity contribution < 1.29 is 9.53 Å². The molecule has 0 spiro atoms. The highest BCUT2D eigenvalue weighted by molar-refractivity contribution is 5.66. The Bertz CT molecular complexity index is 95.2. The van der Waals surface area contributed by atoms with Crippen molar-refractivity contribution in [1.82, 2.24) is 0 Å². The summed E-state index contributed by atoms with van der Waals surface area (Å²) in [5, 5.41) is 0. The van der Waals surface area contributed by atoms with Crippen LogP contribution < -0.4 is 17.2 Å². The number of esters is 1. The van der Waals surface area contributed by atoms with Gasteiger partial charge in [-0.3, -0.25) is 22.0 Å². The molecule has 0 aromatic carbocycles. The Labute approximate surface area is 46.8 Å². The molecule has 0 radical (unpaired) electrons. The van der Waals surface area contributed by atoms with Crippen molar-refractivity contribution in [2.75, 3.05) is 0 Å². The quantitative estimate of drug-likeness (QED) is 0.274. The van der Waals surface area contributed by atoms with Crippen molar-refractivity contribution in [3.05, 3.63) is 0 Å². The highest BCUT2D eigenvalue weighted by atomic mass is 16.6. The Morgan fingerprint density at radius 2 is 1.88 bits per heavy atom. The fraction of sp³-hybridized carbons (Fsp3) is 0.667. The van der Waals surface area contributed by atoms with Crippen LogP contribution in [-0.2, 0) is 9.53 Å². The van der Waals surface area contributed by atoms with Crippen LogP contribution in [0.3, 0.4) is 0 Å². The summed E-state index contributed by atoms with van der Waals surface area (Å²) in [4.78, 5) is 10.00. The van der Waals surface area contributed by atoms with Crippen molar-refractivity contribution in [3.8, 4) is 0 Å². The zero-order valence-corrected chi connectivity index (χ0v) is 4.55. The Hall–Kier alpha value is -0.650. The molecule has 5 nitrogen and oxygen atoms in total. The monoisotopic (exact) mass is 119 g/mol. The van der Waals surface area contributed by atoms with Crippen LogP contribution in [0.5, 0.6) is 0 Å². The second-order valence-corrected chi connectivity index (χ2v) is 1.45. The lowest BCUT2D eigenvalue weighted by molar-refractivity contribution is -0.155. The lowest BCUT2D eigenvalue weighted by atomic mass is 10.7. The first-order valence-electron chi connectivity index (χ1n) is 1.98. The molecule has 0 atom stereocenters. The molecule has 0 heterocycles. The zero-order chi connectivity index (χ0) is 6.78. The topological polar surface area (TPSA) is 104 Å². The van der Waals surface area contributed by atoms with Gasteiger partial charge in [-0.15, -0.1) is 0 Å². The molecule has 0 saturated heterocycles. The van der Waals surface area contributed by atoms with E-state index in [1.54, 1.807) is 0 Å². The molecular weight excluding hydrogens is 110 g/mol. The Balaban J connectivity index is 3.55. The van der Waals surface area contributed by atoms with Crippen LogP contribution in [0.2, 0.25) is 0 Å².